The molecular weight excluding hydrogens is 238 g/mol. The van der Waals surface area contributed by atoms with Crippen molar-refractivity contribution in [3.05, 3.63) is 11.7 Å². The lowest BCUT2D eigenvalue weighted by Crippen LogP contribution is -2.39. The monoisotopic (exact) mass is 263 g/mol. The summed E-state index contributed by atoms with van der Waals surface area (Å²) in [6.07, 6.45) is 5.56. The second-order valence-corrected chi connectivity index (χ2v) is 7.55. The summed E-state index contributed by atoms with van der Waals surface area (Å²) in [7, 11) is 0. The van der Waals surface area contributed by atoms with Crippen LogP contribution < -0.4 is 5.73 Å². The third kappa shape index (κ3) is 1.76. The van der Waals surface area contributed by atoms with Crippen LogP contribution in [0.3, 0.4) is 0 Å². The Morgan fingerprint density at radius 1 is 1.05 bits per heavy atom. The van der Waals surface area contributed by atoms with Crippen LogP contribution in [-0.4, -0.2) is 10.1 Å². The number of hydrogen-bond donors (Lipinski definition) is 1. The zero-order chi connectivity index (χ0) is 13.9. The molecule has 0 aromatic carbocycles. The Balaban J connectivity index is 1.85. The fourth-order valence-electron chi connectivity index (χ4n) is 3.77. The number of hydrogen-bond acceptors (Lipinski definition) is 4. The third-order valence-corrected chi connectivity index (χ3v) is 5.90. The first-order valence-electron chi connectivity index (χ1n) is 7.42. The summed E-state index contributed by atoms with van der Waals surface area (Å²) in [5.41, 5.74) is 6.56. The topological polar surface area (TPSA) is 64.9 Å². The Hall–Kier alpha value is -0.900. The summed E-state index contributed by atoms with van der Waals surface area (Å²) >= 11 is 0. The maximum Gasteiger partial charge on any atom is 0.230 e. The highest BCUT2D eigenvalue weighted by molar-refractivity contribution is 5.25. The maximum absolute atomic E-state index is 6.46. The number of nitrogens with zero attached hydrogens (tertiary/aromatic N) is 2. The van der Waals surface area contributed by atoms with Crippen LogP contribution in [0.1, 0.15) is 77.4 Å². The second kappa shape index (κ2) is 3.81. The van der Waals surface area contributed by atoms with Crippen LogP contribution in [0.25, 0.3) is 0 Å². The summed E-state index contributed by atoms with van der Waals surface area (Å²) in [6, 6.07) is 0. The molecule has 4 nitrogen and oxygen atoms in total. The molecule has 0 atom stereocenters. The first kappa shape index (κ1) is 13.1. The van der Waals surface area contributed by atoms with Crippen molar-refractivity contribution >= 4 is 0 Å². The molecule has 1 aromatic rings. The lowest BCUT2D eigenvalue weighted by Gasteiger charge is -2.29. The van der Waals surface area contributed by atoms with Crippen molar-refractivity contribution in [2.24, 2.45) is 16.6 Å². The van der Waals surface area contributed by atoms with Crippen LogP contribution in [0, 0.1) is 10.8 Å². The van der Waals surface area contributed by atoms with Crippen LogP contribution >= 0.6 is 0 Å². The van der Waals surface area contributed by atoms with Crippen molar-refractivity contribution in [2.75, 3.05) is 0 Å². The van der Waals surface area contributed by atoms with Gasteiger partial charge in [0.15, 0.2) is 5.82 Å². The molecule has 1 heterocycles. The van der Waals surface area contributed by atoms with E-state index in [2.05, 4.69) is 37.8 Å². The normalized spacial score (nSPS) is 28.3. The minimum atomic E-state index is -0.358. The second-order valence-electron chi connectivity index (χ2n) is 7.55. The van der Waals surface area contributed by atoms with E-state index in [0.717, 1.165) is 24.6 Å². The van der Waals surface area contributed by atoms with E-state index in [1.165, 1.54) is 19.3 Å². The van der Waals surface area contributed by atoms with E-state index in [0.29, 0.717) is 5.92 Å². The van der Waals surface area contributed by atoms with Gasteiger partial charge < -0.3 is 10.3 Å². The van der Waals surface area contributed by atoms with Gasteiger partial charge in [-0.3, -0.25) is 0 Å². The van der Waals surface area contributed by atoms with Crippen molar-refractivity contribution in [1.82, 2.24) is 10.1 Å². The third-order valence-electron chi connectivity index (χ3n) is 5.90. The molecule has 0 spiro atoms. The van der Waals surface area contributed by atoms with Crippen molar-refractivity contribution < 1.29 is 4.52 Å². The summed E-state index contributed by atoms with van der Waals surface area (Å²) in [5.74, 6) is 1.86. The Labute approximate surface area is 115 Å². The predicted molar refractivity (Wildman–Crippen MR) is 73.6 cm³/mol. The zero-order valence-electron chi connectivity index (χ0n) is 12.5. The lowest BCUT2D eigenvalue weighted by atomic mass is 9.82. The predicted octanol–water partition coefficient (Wildman–Crippen LogP) is 3.34. The van der Waals surface area contributed by atoms with Gasteiger partial charge in [-0.2, -0.15) is 4.98 Å². The molecule has 0 saturated heterocycles. The molecular formula is C15H25N3O. The molecule has 0 aliphatic heterocycles. The minimum absolute atomic E-state index is 0.227. The molecule has 0 unspecified atom stereocenters. The van der Waals surface area contributed by atoms with E-state index in [1.54, 1.807) is 0 Å². The van der Waals surface area contributed by atoms with E-state index in [9.17, 15) is 0 Å². The molecule has 19 heavy (non-hydrogen) atoms. The Morgan fingerprint density at radius 2 is 1.63 bits per heavy atom. The highest BCUT2D eigenvalue weighted by atomic mass is 16.5. The van der Waals surface area contributed by atoms with Crippen LogP contribution in [0.2, 0.25) is 0 Å². The van der Waals surface area contributed by atoms with Gasteiger partial charge >= 0.3 is 0 Å². The SMILES string of the molecule is CC1(C)C(c2nc(C3(N)CCCCC3)no2)C1(C)C. The van der Waals surface area contributed by atoms with Crippen molar-refractivity contribution in [1.29, 1.82) is 0 Å². The van der Waals surface area contributed by atoms with Gasteiger partial charge in [-0.1, -0.05) is 52.1 Å². The average Bonchev–Trinajstić information content (AvgIpc) is 2.72. The first-order valence-corrected chi connectivity index (χ1v) is 7.42. The highest BCUT2D eigenvalue weighted by Crippen LogP contribution is 2.73. The Morgan fingerprint density at radius 3 is 2.16 bits per heavy atom. The molecule has 2 saturated carbocycles. The molecule has 0 amide bonds. The number of aromatic nitrogens is 2. The molecule has 2 N–H and O–H groups in total. The van der Waals surface area contributed by atoms with Gasteiger partial charge in [0.2, 0.25) is 5.89 Å². The largest absolute Gasteiger partial charge is 0.339 e. The Kier molecular flexibility index (Phi) is 2.63. The smallest absolute Gasteiger partial charge is 0.230 e. The van der Waals surface area contributed by atoms with E-state index in [-0.39, 0.29) is 16.4 Å². The minimum Gasteiger partial charge on any atom is -0.339 e. The van der Waals surface area contributed by atoms with Crippen LogP contribution in [0.15, 0.2) is 4.52 Å². The zero-order valence-corrected chi connectivity index (χ0v) is 12.5. The molecule has 0 radical (unpaired) electrons. The summed E-state index contributed by atoms with van der Waals surface area (Å²) < 4.78 is 5.54. The molecule has 2 aliphatic rings. The van der Waals surface area contributed by atoms with Crippen molar-refractivity contribution in [2.45, 2.75) is 71.3 Å². The fraction of sp³-hybridized carbons (Fsp3) is 0.867. The van der Waals surface area contributed by atoms with E-state index >= 15 is 0 Å². The molecule has 0 bridgehead atoms. The van der Waals surface area contributed by atoms with E-state index < -0.39 is 0 Å². The average molecular weight is 263 g/mol. The highest BCUT2D eigenvalue weighted by Gasteiger charge is 2.68. The fourth-order valence-corrected chi connectivity index (χ4v) is 3.77. The van der Waals surface area contributed by atoms with Crippen molar-refractivity contribution in [3.8, 4) is 0 Å². The van der Waals surface area contributed by atoms with Gasteiger partial charge in [0, 0.05) is 5.92 Å². The lowest BCUT2D eigenvalue weighted by molar-refractivity contribution is 0.272. The van der Waals surface area contributed by atoms with Gasteiger partial charge in [0.25, 0.3) is 0 Å². The summed E-state index contributed by atoms with van der Waals surface area (Å²) in [4.78, 5) is 4.66. The molecule has 4 heteroatoms. The quantitative estimate of drug-likeness (QED) is 0.888. The number of nitrogens with two attached hydrogens (primary N) is 1. The molecule has 3 rings (SSSR count). The molecule has 1 aromatic heterocycles. The standard InChI is InChI=1S/C15H25N3O/c1-13(2)10(14(13,3)4)11-17-12(18-19-11)15(16)8-6-5-7-9-15/h10H,5-9,16H2,1-4H3. The molecule has 2 aliphatic carbocycles. The number of rotatable bonds is 2. The molecule has 2 fully saturated rings. The van der Waals surface area contributed by atoms with Gasteiger partial charge in [0.1, 0.15) is 0 Å². The van der Waals surface area contributed by atoms with E-state index in [1.807, 2.05) is 0 Å². The van der Waals surface area contributed by atoms with Gasteiger partial charge in [-0.25, -0.2) is 0 Å². The summed E-state index contributed by atoms with van der Waals surface area (Å²) in [6.45, 7) is 9.06. The van der Waals surface area contributed by atoms with E-state index in [4.69, 9.17) is 10.3 Å². The summed E-state index contributed by atoms with van der Waals surface area (Å²) in [5, 5.41) is 4.19. The van der Waals surface area contributed by atoms with Crippen LogP contribution in [-0.2, 0) is 5.54 Å². The molecule has 106 valence electrons. The first-order chi connectivity index (χ1) is 8.79. The van der Waals surface area contributed by atoms with Gasteiger partial charge in [-0.15, -0.1) is 0 Å². The van der Waals surface area contributed by atoms with Crippen LogP contribution in [0.4, 0.5) is 0 Å². The van der Waals surface area contributed by atoms with Crippen LogP contribution in [0.5, 0.6) is 0 Å². The maximum atomic E-state index is 6.46. The Bertz CT molecular complexity index is 469. The van der Waals surface area contributed by atoms with Crippen molar-refractivity contribution in [3.63, 3.8) is 0 Å². The van der Waals surface area contributed by atoms with Gasteiger partial charge in [-0.05, 0) is 23.7 Å². The van der Waals surface area contributed by atoms with Gasteiger partial charge in [0.05, 0.1) is 5.54 Å².